The smallest absolute Gasteiger partial charge is 0.307 e. The number of aliphatic hydroxyl groups is 1. The molecule has 0 aliphatic rings. The fraction of sp³-hybridized carbons (Fsp3) is 0.303. The molecule has 42 heavy (non-hydrogen) atoms. The Morgan fingerprint density at radius 2 is 1.83 bits per heavy atom. The largest absolute Gasteiger partial charge is 0.466 e. The molecule has 1 amide bonds. The average molecular weight is 571 g/mol. The highest BCUT2D eigenvalue weighted by molar-refractivity contribution is 5.89. The maximum Gasteiger partial charge on any atom is 0.307 e. The van der Waals surface area contributed by atoms with Crippen molar-refractivity contribution in [3.63, 3.8) is 0 Å². The van der Waals surface area contributed by atoms with Gasteiger partial charge in [-0.05, 0) is 90.7 Å². The molecule has 9 heteroatoms. The van der Waals surface area contributed by atoms with Crippen LogP contribution in [0.1, 0.15) is 47.2 Å². The Balaban J connectivity index is 1.77. The maximum absolute atomic E-state index is 14.4. The predicted molar refractivity (Wildman–Crippen MR) is 165 cm³/mol. The molecule has 0 spiro atoms. The highest BCUT2D eigenvalue weighted by Crippen LogP contribution is 2.28. The number of rotatable bonds is 12. The van der Waals surface area contributed by atoms with Crippen LogP contribution in [-0.2, 0) is 27.3 Å². The van der Waals surface area contributed by atoms with Crippen molar-refractivity contribution < 1.29 is 19.4 Å². The Morgan fingerprint density at radius 1 is 1.07 bits per heavy atom. The molecule has 0 radical (unpaired) electrons. The van der Waals surface area contributed by atoms with Gasteiger partial charge in [-0.3, -0.25) is 14.4 Å². The first-order valence-corrected chi connectivity index (χ1v) is 14.1. The first-order valence-electron chi connectivity index (χ1n) is 14.1. The molecule has 0 saturated carbocycles. The molecule has 5 N–H and O–H groups in total. The summed E-state index contributed by atoms with van der Waals surface area (Å²) in [6, 6.07) is 17.6. The number of nitrogens with one attached hydrogen (secondary N) is 2. The third-order valence-corrected chi connectivity index (χ3v) is 7.27. The first-order chi connectivity index (χ1) is 20.2. The number of nitrogen functional groups attached to an aromatic ring is 1. The number of pyridine rings is 1. The van der Waals surface area contributed by atoms with E-state index < -0.39 is 6.04 Å². The number of hydrogen-bond acceptors (Lipinski definition) is 7. The van der Waals surface area contributed by atoms with Crippen LogP contribution in [-0.4, -0.2) is 46.6 Å². The maximum atomic E-state index is 14.4. The van der Waals surface area contributed by atoms with E-state index >= 15 is 0 Å². The molecule has 4 rings (SSSR count). The number of carbonyl (C=O) groups excluding carboxylic acids is 2. The minimum absolute atomic E-state index is 0.0229. The number of aromatic amines is 1. The third-order valence-electron chi connectivity index (χ3n) is 7.27. The Hall–Kier alpha value is -4.63. The van der Waals surface area contributed by atoms with Crippen molar-refractivity contribution in [2.75, 3.05) is 30.8 Å². The number of hydrogen-bond donors (Lipinski definition) is 4. The van der Waals surface area contributed by atoms with Crippen LogP contribution >= 0.6 is 0 Å². The number of aromatic nitrogens is 1. The molecule has 1 heterocycles. The predicted octanol–water partition coefficient (Wildman–Crippen LogP) is 4.40. The van der Waals surface area contributed by atoms with Crippen molar-refractivity contribution >= 4 is 34.0 Å². The van der Waals surface area contributed by atoms with E-state index in [9.17, 15) is 19.5 Å². The van der Waals surface area contributed by atoms with E-state index in [-0.39, 0.29) is 50.2 Å². The zero-order chi connectivity index (χ0) is 30.2. The number of ether oxygens (including phenoxy) is 1. The Bertz CT molecular complexity index is 1610. The van der Waals surface area contributed by atoms with Gasteiger partial charge in [-0.15, -0.1) is 0 Å². The molecule has 0 fully saturated rings. The number of nitrogens with two attached hydrogens (primary N) is 1. The molecule has 1 unspecified atom stereocenters. The monoisotopic (exact) mass is 570 g/mol. The molecule has 0 saturated heterocycles. The lowest BCUT2D eigenvalue weighted by Crippen LogP contribution is -2.39. The molecule has 0 aliphatic carbocycles. The van der Waals surface area contributed by atoms with Crippen molar-refractivity contribution in [2.24, 2.45) is 0 Å². The number of aliphatic hydroxyl groups excluding tert-OH is 1. The number of H-pyrrole nitrogens is 1. The quantitative estimate of drug-likeness (QED) is 0.146. The fourth-order valence-electron chi connectivity index (χ4n) is 5.25. The molecule has 3 aromatic carbocycles. The number of fused-ring (bicyclic) bond motifs is 1. The fourth-order valence-corrected chi connectivity index (χ4v) is 5.25. The molecule has 1 atom stereocenters. The summed E-state index contributed by atoms with van der Waals surface area (Å²) in [7, 11) is 0. The molecule has 0 aliphatic heterocycles. The standard InChI is InChI=1S/C33H38N4O5/c1-4-42-30(39)11-14-37(20-23-6-5-7-26(34)18-23)33(41)31(25-16-21(2)28(12-15-38)22(3)17-25)36-27-9-8-24-10-13-35-32(40)29(24)19-27/h5-10,13,16-19,31,36,38H,4,11-12,14-15,20,34H2,1-3H3,(H,35,40). The van der Waals surface area contributed by atoms with E-state index in [0.29, 0.717) is 23.2 Å². The summed E-state index contributed by atoms with van der Waals surface area (Å²) >= 11 is 0. The second-order valence-electron chi connectivity index (χ2n) is 10.4. The summed E-state index contributed by atoms with van der Waals surface area (Å²) in [5.41, 5.74) is 11.5. The minimum atomic E-state index is -0.839. The van der Waals surface area contributed by atoms with Gasteiger partial charge in [0.2, 0.25) is 5.91 Å². The highest BCUT2D eigenvalue weighted by atomic mass is 16.5. The van der Waals surface area contributed by atoms with Crippen LogP contribution in [0.5, 0.6) is 0 Å². The van der Waals surface area contributed by atoms with Gasteiger partial charge in [-0.2, -0.15) is 0 Å². The summed E-state index contributed by atoms with van der Waals surface area (Å²) in [5.74, 6) is -0.640. The molecule has 220 valence electrons. The van der Waals surface area contributed by atoms with E-state index in [1.54, 1.807) is 36.2 Å². The number of amides is 1. The third kappa shape index (κ3) is 7.36. The van der Waals surface area contributed by atoms with Crippen molar-refractivity contribution in [3.8, 4) is 0 Å². The van der Waals surface area contributed by atoms with Crippen molar-refractivity contribution in [3.05, 3.63) is 105 Å². The van der Waals surface area contributed by atoms with Gasteiger partial charge in [0.25, 0.3) is 5.56 Å². The average Bonchev–Trinajstić information content (AvgIpc) is 2.96. The van der Waals surface area contributed by atoms with E-state index in [4.69, 9.17) is 10.5 Å². The van der Waals surface area contributed by atoms with Gasteiger partial charge in [-0.25, -0.2) is 0 Å². The molecule has 0 bridgehead atoms. The van der Waals surface area contributed by atoms with Gasteiger partial charge in [0.15, 0.2) is 0 Å². The molecule has 1 aromatic heterocycles. The lowest BCUT2D eigenvalue weighted by atomic mass is 9.93. The van der Waals surface area contributed by atoms with Crippen LogP contribution in [0.2, 0.25) is 0 Å². The summed E-state index contributed by atoms with van der Waals surface area (Å²) in [6.45, 7) is 6.32. The van der Waals surface area contributed by atoms with E-state index in [1.807, 2.05) is 56.3 Å². The van der Waals surface area contributed by atoms with Crippen LogP contribution in [0.25, 0.3) is 10.8 Å². The number of aryl methyl sites for hydroxylation is 2. The van der Waals surface area contributed by atoms with Gasteiger partial charge in [0.05, 0.1) is 13.0 Å². The number of esters is 1. The van der Waals surface area contributed by atoms with Crippen LogP contribution in [0.4, 0.5) is 11.4 Å². The van der Waals surface area contributed by atoms with Crippen LogP contribution < -0.4 is 16.6 Å². The molecular weight excluding hydrogens is 532 g/mol. The second-order valence-corrected chi connectivity index (χ2v) is 10.4. The first kappa shape index (κ1) is 30.3. The zero-order valence-electron chi connectivity index (χ0n) is 24.3. The summed E-state index contributed by atoms with van der Waals surface area (Å²) < 4.78 is 5.14. The Labute approximate surface area is 245 Å². The number of carbonyl (C=O) groups is 2. The summed E-state index contributed by atoms with van der Waals surface area (Å²) in [4.78, 5) is 43.6. The Morgan fingerprint density at radius 3 is 2.52 bits per heavy atom. The van der Waals surface area contributed by atoms with Gasteiger partial charge < -0.3 is 30.8 Å². The van der Waals surface area contributed by atoms with E-state index in [2.05, 4.69) is 10.3 Å². The lowest BCUT2D eigenvalue weighted by Gasteiger charge is -2.29. The number of nitrogens with zero attached hydrogens (tertiary/aromatic N) is 1. The molecular formula is C33H38N4O5. The minimum Gasteiger partial charge on any atom is -0.466 e. The van der Waals surface area contributed by atoms with Crippen LogP contribution in [0.15, 0.2) is 71.7 Å². The number of anilines is 2. The highest BCUT2D eigenvalue weighted by Gasteiger charge is 2.28. The van der Waals surface area contributed by atoms with Gasteiger partial charge in [0, 0.05) is 42.7 Å². The second kappa shape index (κ2) is 13.8. The van der Waals surface area contributed by atoms with Crippen LogP contribution in [0, 0.1) is 13.8 Å². The van der Waals surface area contributed by atoms with Crippen molar-refractivity contribution in [1.82, 2.24) is 9.88 Å². The lowest BCUT2D eigenvalue weighted by molar-refractivity contribution is -0.144. The van der Waals surface area contributed by atoms with E-state index in [1.165, 1.54) is 0 Å². The molecule has 4 aromatic rings. The van der Waals surface area contributed by atoms with Crippen molar-refractivity contribution in [1.29, 1.82) is 0 Å². The molecule has 9 nitrogen and oxygen atoms in total. The topological polar surface area (TPSA) is 138 Å². The van der Waals surface area contributed by atoms with Gasteiger partial charge in [0.1, 0.15) is 6.04 Å². The zero-order valence-corrected chi connectivity index (χ0v) is 24.3. The summed E-state index contributed by atoms with van der Waals surface area (Å²) in [5, 5.41) is 14.2. The van der Waals surface area contributed by atoms with Crippen molar-refractivity contribution in [2.45, 2.75) is 46.2 Å². The SMILES string of the molecule is CCOC(=O)CCN(Cc1cccc(N)c1)C(=O)C(Nc1ccc2cc[nH]c(=O)c2c1)c1cc(C)c(CCO)c(C)c1. The normalized spacial score (nSPS) is 11.7. The van der Waals surface area contributed by atoms with Crippen LogP contribution in [0.3, 0.4) is 0 Å². The van der Waals surface area contributed by atoms with Gasteiger partial charge >= 0.3 is 5.97 Å². The Kier molecular flexibility index (Phi) is 9.98. The number of benzene rings is 3. The van der Waals surface area contributed by atoms with E-state index in [0.717, 1.165) is 33.2 Å². The summed E-state index contributed by atoms with van der Waals surface area (Å²) in [6.07, 6.45) is 2.15. The van der Waals surface area contributed by atoms with Gasteiger partial charge in [-0.1, -0.05) is 30.3 Å².